The molecule has 1 aromatic heterocycles. The van der Waals surface area contributed by atoms with Gasteiger partial charge in [0.05, 0.1) is 12.1 Å². The third-order valence-corrected chi connectivity index (χ3v) is 4.74. The number of nitrogens with two attached hydrogens (primary N) is 1. The Hall–Kier alpha value is -2.88. The molecule has 4 heteroatoms. The first-order valence-corrected chi connectivity index (χ1v) is 8.07. The van der Waals surface area contributed by atoms with E-state index in [1.54, 1.807) is 10.8 Å². The molecule has 4 rings (SSSR count). The van der Waals surface area contributed by atoms with Crippen molar-refractivity contribution in [3.63, 3.8) is 0 Å². The highest BCUT2D eigenvalue weighted by Gasteiger charge is 2.16. The van der Waals surface area contributed by atoms with Crippen LogP contribution in [0.5, 0.6) is 0 Å². The molecule has 0 fully saturated rings. The first kappa shape index (κ1) is 14.7. The average molecular weight is 318 g/mol. The molecular formula is C20H18N2O2. The fraction of sp³-hybridized carbons (Fsp3) is 0.200. The van der Waals surface area contributed by atoms with Crippen molar-refractivity contribution in [2.45, 2.75) is 26.3 Å². The molecule has 120 valence electrons. The summed E-state index contributed by atoms with van der Waals surface area (Å²) in [5.41, 5.74) is 11.9. The number of Topliss-reactive ketones (excluding diaryl/α,β-unsaturated/α-hetero) is 1. The van der Waals surface area contributed by atoms with Gasteiger partial charge < -0.3 is 10.3 Å². The maximum Gasteiger partial charge on any atom is 0.250 e. The number of fused-ring (bicyclic) bond motifs is 2. The van der Waals surface area contributed by atoms with Gasteiger partial charge in [-0.2, -0.15) is 0 Å². The quantitative estimate of drug-likeness (QED) is 0.803. The minimum Gasteiger partial charge on any atom is -0.366 e. The van der Waals surface area contributed by atoms with Crippen molar-refractivity contribution in [3.8, 4) is 11.1 Å². The zero-order valence-corrected chi connectivity index (χ0v) is 13.5. The summed E-state index contributed by atoms with van der Waals surface area (Å²) in [4.78, 5) is 23.3. The molecule has 1 aliphatic rings. The normalized spacial score (nSPS) is 12.7. The Balaban J connectivity index is 1.87. The van der Waals surface area contributed by atoms with Gasteiger partial charge in [-0.05, 0) is 54.2 Å². The summed E-state index contributed by atoms with van der Waals surface area (Å²) in [5.74, 6) is -0.439. The van der Waals surface area contributed by atoms with Gasteiger partial charge in [-0.3, -0.25) is 9.59 Å². The summed E-state index contributed by atoms with van der Waals surface area (Å²) in [7, 11) is 0. The second-order valence-electron chi connectivity index (χ2n) is 6.45. The summed E-state index contributed by atoms with van der Waals surface area (Å²) < 4.78 is 1.79. The molecule has 1 aliphatic carbocycles. The van der Waals surface area contributed by atoms with Crippen LogP contribution in [0.25, 0.3) is 22.0 Å². The molecule has 0 saturated heterocycles. The predicted octanol–water partition coefficient (Wildman–Crippen LogP) is 3.09. The number of carbonyl (C=O) groups is 2. The smallest absolute Gasteiger partial charge is 0.250 e. The molecule has 0 spiro atoms. The molecule has 0 bridgehead atoms. The first-order chi connectivity index (χ1) is 11.5. The Kier molecular flexibility index (Phi) is 3.27. The minimum absolute atomic E-state index is 0.0365. The number of hydrogen-bond acceptors (Lipinski definition) is 2. The molecule has 1 heterocycles. The monoisotopic (exact) mass is 318 g/mol. The number of amides is 1. The first-order valence-electron chi connectivity index (χ1n) is 8.07. The van der Waals surface area contributed by atoms with Crippen molar-refractivity contribution in [1.29, 1.82) is 0 Å². The number of rotatable bonds is 4. The fourth-order valence-electron chi connectivity index (χ4n) is 3.42. The van der Waals surface area contributed by atoms with Gasteiger partial charge in [0, 0.05) is 17.1 Å². The molecule has 0 radical (unpaired) electrons. The van der Waals surface area contributed by atoms with Crippen molar-refractivity contribution in [2.75, 3.05) is 0 Å². The lowest BCUT2D eigenvalue weighted by Gasteiger charge is -2.19. The summed E-state index contributed by atoms with van der Waals surface area (Å²) in [6, 6.07) is 12.5. The third-order valence-electron chi connectivity index (χ3n) is 4.74. The number of aryl methyl sites for hydroxylation is 2. The van der Waals surface area contributed by atoms with Crippen molar-refractivity contribution < 1.29 is 9.59 Å². The predicted molar refractivity (Wildman–Crippen MR) is 94.0 cm³/mol. The topological polar surface area (TPSA) is 65.1 Å². The van der Waals surface area contributed by atoms with Crippen LogP contribution >= 0.6 is 0 Å². The van der Waals surface area contributed by atoms with Crippen LogP contribution in [0.4, 0.5) is 0 Å². The van der Waals surface area contributed by atoms with E-state index in [0.29, 0.717) is 5.56 Å². The molecule has 2 N–H and O–H groups in total. The van der Waals surface area contributed by atoms with Crippen LogP contribution in [0, 0.1) is 0 Å². The van der Waals surface area contributed by atoms with Gasteiger partial charge in [0.25, 0.3) is 5.91 Å². The van der Waals surface area contributed by atoms with Crippen molar-refractivity contribution >= 4 is 22.6 Å². The number of primary amides is 1. The summed E-state index contributed by atoms with van der Waals surface area (Å²) >= 11 is 0. The van der Waals surface area contributed by atoms with Gasteiger partial charge in [0.2, 0.25) is 0 Å². The molecule has 3 aromatic rings. The zero-order chi connectivity index (χ0) is 16.8. The Labute approximate surface area is 139 Å². The maximum atomic E-state index is 11.8. The van der Waals surface area contributed by atoms with Crippen LogP contribution < -0.4 is 5.73 Å². The minimum atomic E-state index is -0.475. The molecule has 2 aromatic carbocycles. The molecule has 0 atom stereocenters. The average Bonchev–Trinajstić information content (AvgIpc) is 2.86. The second-order valence-corrected chi connectivity index (χ2v) is 6.45. The highest BCUT2D eigenvalue weighted by molar-refractivity contribution is 6.07. The number of benzene rings is 2. The molecule has 0 aliphatic heterocycles. The van der Waals surface area contributed by atoms with Crippen LogP contribution in [0.15, 0.2) is 42.6 Å². The largest absolute Gasteiger partial charge is 0.366 e. The van der Waals surface area contributed by atoms with Crippen LogP contribution in [-0.2, 0) is 24.2 Å². The Morgan fingerprint density at radius 1 is 1.04 bits per heavy atom. The second kappa shape index (κ2) is 5.34. The molecule has 24 heavy (non-hydrogen) atoms. The van der Waals surface area contributed by atoms with Crippen molar-refractivity contribution in [3.05, 3.63) is 59.3 Å². The van der Waals surface area contributed by atoms with E-state index in [2.05, 4.69) is 18.2 Å². The van der Waals surface area contributed by atoms with E-state index >= 15 is 0 Å². The van der Waals surface area contributed by atoms with Crippen LogP contribution in [0.3, 0.4) is 0 Å². The van der Waals surface area contributed by atoms with Crippen molar-refractivity contribution in [1.82, 2.24) is 4.57 Å². The van der Waals surface area contributed by atoms with E-state index in [9.17, 15) is 9.59 Å². The summed E-state index contributed by atoms with van der Waals surface area (Å²) in [6.45, 7) is 1.77. The van der Waals surface area contributed by atoms with E-state index in [-0.39, 0.29) is 12.3 Å². The van der Waals surface area contributed by atoms with E-state index in [1.807, 2.05) is 18.2 Å². The fourth-order valence-corrected chi connectivity index (χ4v) is 3.42. The van der Waals surface area contributed by atoms with Crippen LogP contribution in [0.1, 0.15) is 28.4 Å². The highest BCUT2D eigenvalue weighted by atomic mass is 16.1. The molecular weight excluding hydrogens is 300 g/mol. The van der Waals surface area contributed by atoms with Gasteiger partial charge in [-0.1, -0.05) is 24.3 Å². The van der Waals surface area contributed by atoms with Gasteiger partial charge >= 0.3 is 0 Å². The Bertz CT molecular complexity index is 998. The number of hydrogen-bond donors (Lipinski definition) is 1. The SMILES string of the molecule is CC(=O)Cn1cc(C(N)=O)c2cc(-c3ccc4c(c3)CC4)ccc21. The molecule has 0 saturated carbocycles. The van der Waals surface area contributed by atoms with E-state index < -0.39 is 5.91 Å². The molecule has 0 unspecified atom stereocenters. The summed E-state index contributed by atoms with van der Waals surface area (Å²) in [6.07, 6.45) is 3.97. The lowest BCUT2D eigenvalue weighted by atomic mass is 9.86. The lowest BCUT2D eigenvalue weighted by molar-refractivity contribution is -0.117. The highest BCUT2D eigenvalue weighted by Crippen LogP contribution is 2.32. The van der Waals surface area contributed by atoms with E-state index in [4.69, 9.17) is 5.73 Å². The number of ketones is 1. The van der Waals surface area contributed by atoms with E-state index in [0.717, 1.165) is 34.9 Å². The van der Waals surface area contributed by atoms with Gasteiger partial charge in [0.1, 0.15) is 5.78 Å². The number of aromatic nitrogens is 1. The van der Waals surface area contributed by atoms with Crippen molar-refractivity contribution in [2.24, 2.45) is 5.73 Å². The Morgan fingerprint density at radius 2 is 1.75 bits per heavy atom. The van der Waals surface area contributed by atoms with Crippen LogP contribution in [-0.4, -0.2) is 16.3 Å². The summed E-state index contributed by atoms with van der Waals surface area (Å²) in [5, 5.41) is 0.795. The number of nitrogens with zero attached hydrogens (tertiary/aromatic N) is 1. The molecule has 4 nitrogen and oxygen atoms in total. The third kappa shape index (κ3) is 2.31. The maximum absolute atomic E-state index is 11.8. The van der Waals surface area contributed by atoms with Crippen LogP contribution in [0.2, 0.25) is 0 Å². The molecule has 1 amide bonds. The lowest BCUT2D eigenvalue weighted by Crippen LogP contribution is -2.10. The van der Waals surface area contributed by atoms with E-state index in [1.165, 1.54) is 18.1 Å². The van der Waals surface area contributed by atoms with Gasteiger partial charge in [0.15, 0.2) is 0 Å². The Morgan fingerprint density at radius 3 is 2.38 bits per heavy atom. The zero-order valence-electron chi connectivity index (χ0n) is 13.5. The van der Waals surface area contributed by atoms with Gasteiger partial charge in [-0.15, -0.1) is 0 Å². The van der Waals surface area contributed by atoms with Gasteiger partial charge in [-0.25, -0.2) is 0 Å². The standard InChI is InChI=1S/C20H18N2O2/c1-12(23)10-22-11-18(20(21)24)17-9-16(6-7-19(17)22)15-5-3-13-2-4-14(13)8-15/h3,5-9,11H,2,4,10H2,1H3,(H2,21,24). The number of carbonyl (C=O) groups excluding carboxylic acids is 2.